The average molecular weight is 448 g/mol. The van der Waals surface area contributed by atoms with Crippen LogP contribution in [0.3, 0.4) is 0 Å². The number of anilines is 1. The van der Waals surface area contributed by atoms with Gasteiger partial charge in [-0.3, -0.25) is 4.31 Å². The van der Waals surface area contributed by atoms with E-state index in [1.165, 1.54) is 19.2 Å². The summed E-state index contributed by atoms with van der Waals surface area (Å²) < 4.78 is 38.8. The van der Waals surface area contributed by atoms with Crippen LogP contribution in [-0.2, 0) is 10.0 Å². The Kier molecular flexibility index (Phi) is 7.20. The van der Waals surface area contributed by atoms with E-state index in [1.807, 2.05) is 0 Å². The first-order valence-corrected chi connectivity index (χ1v) is 11.0. The van der Waals surface area contributed by atoms with Gasteiger partial charge in [0.05, 0.1) is 29.3 Å². The van der Waals surface area contributed by atoms with Crippen LogP contribution in [0.25, 0.3) is 0 Å². The lowest BCUT2D eigenvalue weighted by Crippen LogP contribution is -2.40. The predicted molar refractivity (Wildman–Crippen MR) is 117 cm³/mol. The minimum atomic E-state index is -3.96. The van der Waals surface area contributed by atoms with E-state index in [9.17, 15) is 13.5 Å². The molecule has 30 heavy (non-hydrogen) atoms. The minimum absolute atomic E-state index is 0.107. The summed E-state index contributed by atoms with van der Waals surface area (Å²) in [6.07, 6.45) is -1.12. The van der Waals surface area contributed by atoms with Crippen LogP contribution in [0.4, 0.5) is 5.69 Å². The molecule has 0 saturated heterocycles. The molecule has 0 radical (unpaired) electrons. The molecule has 3 rings (SSSR count). The molecule has 6 nitrogen and oxygen atoms in total. The number of halogens is 1. The van der Waals surface area contributed by atoms with Gasteiger partial charge in [-0.1, -0.05) is 54.1 Å². The van der Waals surface area contributed by atoms with Crippen LogP contribution in [0.1, 0.15) is 0 Å². The van der Waals surface area contributed by atoms with Crippen LogP contribution in [0.2, 0.25) is 5.02 Å². The van der Waals surface area contributed by atoms with Crippen molar-refractivity contribution >= 4 is 27.3 Å². The van der Waals surface area contributed by atoms with Gasteiger partial charge >= 0.3 is 0 Å². The van der Waals surface area contributed by atoms with Crippen LogP contribution in [-0.4, -0.2) is 39.9 Å². The number of para-hydroxylation sites is 3. The third-order valence-electron chi connectivity index (χ3n) is 4.33. The van der Waals surface area contributed by atoms with Crippen molar-refractivity contribution in [2.75, 3.05) is 24.6 Å². The average Bonchev–Trinajstić information content (AvgIpc) is 2.77. The number of aliphatic hydroxyl groups excluding tert-OH is 1. The summed E-state index contributed by atoms with van der Waals surface area (Å²) in [6.45, 7) is -0.373. The molecule has 3 aromatic rings. The monoisotopic (exact) mass is 447 g/mol. The van der Waals surface area contributed by atoms with Crippen LogP contribution >= 0.6 is 11.6 Å². The summed E-state index contributed by atoms with van der Waals surface area (Å²) in [7, 11) is -2.50. The van der Waals surface area contributed by atoms with Gasteiger partial charge < -0.3 is 14.6 Å². The number of benzene rings is 3. The van der Waals surface area contributed by atoms with Crippen LogP contribution in [0, 0.1) is 0 Å². The molecule has 0 spiro atoms. The van der Waals surface area contributed by atoms with Gasteiger partial charge in [-0.25, -0.2) is 8.42 Å². The largest absolute Gasteiger partial charge is 0.495 e. The Morgan fingerprint density at radius 2 is 1.53 bits per heavy atom. The quantitative estimate of drug-likeness (QED) is 0.537. The van der Waals surface area contributed by atoms with E-state index in [4.69, 9.17) is 21.1 Å². The van der Waals surface area contributed by atoms with Gasteiger partial charge in [0.1, 0.15) is 24.2 Å². The van der Waals surface area contributed by atoms with E-state index >= 15 is 0 Å². The second-order valence-corrected chi connectivity index (χ2v) is 8.69. The Labute approximate surface area is 181 Å². The number of nitrogens with zero attached hydrogens (tertiary/aromatic N) is 1. The van der Waals surface area contributed by atoms with Crippen molar-refractivity contribution in [3.05, 3.63) is 83.9 Å². The molecule has 0 fully saturated rings. The third kappa shape index (κ3) is 5.05. The van der Waals surface area contributed by atoms with E-state index in [-0.39, 0.29) is 18.0 Å². The van der Waals surface area contributed by atoms with Gasteiger partial charge in [0.15, 0.2) is 0 Å². The highest BCUT2D eigenvalue weighted by Gasteiger charge is 2.29. The number of methoxy groups -OCH3 is 1. The lowest BCUT2D eigenvalue weighted by atomic mass is 10.2. The Bertz CT molecular complexity index is 1080. The topological polar surface area (TPSA) is 76.1 Å². The zero-order valence-corrected chi connectivity index (χ0v) is 17.9. The highest BCUT2D eigenvalue weighted by Crippen LogP contribution is 2.32. The first kappa shape index (κ1) is 22.0. The van der Waals surface area contributed by atoms with Crippen molar-refractivity contribution in [2.24, 2.45) is 0 Å². The van der Waals surface area contributed by atoms with E-state index in [2.05, 4.69) is 0 Å². The maximum atomic E-state index is 13.4. The molecule has 3 aromatic carbocycles. The van der Waals surface area contributed by atoms with E-state index < -0.39 is 16.1 Å². The lowest BCUT2D eigenvalue weighted by molar-refractivity contribution is 0.115. The fourth-order valence-corrected chi connectivity index (χ4v) is 4.60. The fraction of sp³-hybridized carbons (Fsp3) is 0.182. The predicted octanol–water partition coefficient (Wildman–Crippen LogP) is 3.98. The number of sulfonamides is 1. The van der Waals surface area contributed by atoms with Crippen molar-refractivity contribution in [3.63, 3.8) is 0 Å². The molecule has 0 aliphatic rings. The van der Waals surface area contributed by atoms with E-state index in [1.54, 1.807) is 66.7 Å². The second-order valence-electron chi connectivity index (χ2n) is 6.42. The summed E-state index contributed by atoms with van der Waals surface area (Å²) in [4.78, 5) is 0.107. The molecule has 0 aliphatic carbocycles. The van der Waals surface area contributed by atoms with Crippen molar-refractivity contribution in [2.45, 2.75) is 11.0 Å². The maximum absolute atomic E-state index is 13.4. The summed E-state index contributed by atoms with van der Waals surface area (Å²) >= 11 is 6.07. The highest BCUT2D eigenvalue weighted by atomic mass is 35.5. The zero-order valence-electron chi connectivity index (χ0n) is 16.3. The SMILES string of the molecule is COc1ccccc1N(C[C@@H](O)COc1ccccc1Cl)S(=O)(=O)c1ccccc1. The summed E-state index contributed by atoms with van der Waals surface area (Å²) in [5.74, 6) is 0.782. The van der Waals surface area contributed by atoms with E-state index in [0.717, 1.165) is 4.31 Å². The fourth-order valence-electron chi connectivity index (χ4n) is 2.87. The Hall–Kier alpha value is -2.74. The first-order valence-electron chi connectivity index (χ1n) is 9.19. The van der Waals surface area contributed by atoms with Gasteiger partial charge in [0.25, 0.3) is 10.0 Å². The van der Waals surface area contributed by atoms with Crippen molar-refractivity contribution in [1.82, 2.24) is 0 Å². The van der Waals surface area contributed by atoms with Crippen LogP contribution < -0.4 is 13.8 Å². The van der Waals surface area contributed by atoms with Crippen molar-refractivity contribution in [1.29, 1.82) is 0 Å². The molecule has 0 amide bonds. The third-order valence-corrected chi connectivity index (χ3v) is 6.44. The van der Waals surface area contributed by atoms with Crippen molar-refractivity contribution < 1.29 is 23.0 Å². The molecule has 0 unspecified atom stereocenters. The van der Waals surface area contributed by atoms with Gasteiger partial charge in [-0.05, 0) is 36.4 Å². The molecule has 158 valence electrons. The summed E-state index contributed by atoms with van der Waals surface area (Å²) in [5, 5.41) is 11.0. The van der Waals surface area contributed by atoms with Gasteiger partial charge in [-0.2, -0.15) is 0 Å². The molecule has 0 saturated carbocycles. The summed E-state index contributed by atoms with van der Waals surface area (Å²) in [6, 6.07) is 21.6. The number of rotatable bonds is 9. The summed E-state index contributed by atoms with van der Waals surface area (Å²) in [5.41, 5.74) is 0.320. The molecular formula is C22H22ClNO5S. The molecule has 8 heteroatoms. The Morgan fingerprint density at radius 1 is 0.933 bits per heavy atom. The molecule has 1 N–H and O–H groups in total. The first-order chi connectivity index (χ1) is 14.4. The number of hydrogen-bond acceptors (Lipinski definition) is 5. The normalized spacial score (nSPS) is 12.2. The molecular weight excluding hydrogens is 426 g/mol. The molecule has 1 atom stereocenters. The smallest absolute Gasteiger partial charge is 0.264 e. The van der Waals surface area contributed by atoms with Crippen molar-refractivity contribution in [3.8, 4) is 11.5 Å². The van der Waals surface area contributed by atoms with Gasteiger partial charge in [0.2, 0.25) is 0 Å². The van der Waals surface area contributed by atoms with E-state index in [0.29, 0.717) is 22.2 Å². The Balaban J connectivity index is 1.89. The molecule has 0 aliphatic heterocycles. The second kappa shape index (κ2) is 9.84. The number of aliphatic hydroxyl groups is 1. The standard InChI is InChI=1S/C22H22ClNO5S/c1-28-22-14-8-6-12-20(22)24(30(26,27)18-9-3-2-4-10-18)15-17(25)16-29-21-13-7-5-11-19(21)23/h2-14,17,25H,15-16H2,1H3/t17-/m1/s1. The van der Waals surface area contributed by atoms with Crippen LogP contribution in [0.15, 0.2) is 83.8 Å². The van der Waals surface area contributed by atoms with Gasteiger partial charge in [0, 0.05) is 0 Å². The Morgan fingerprint density at radius 3 is 2.20 bits per heavy atom. The lowest BCUT2D eigenvalue weighted by Gasteiger charge is -2.28. The molecule has 0 bridgehead atoms. The van der Waals surface area contributed by atoms with Gasteiger partial charge in [-0.15, -0.1) is 0 Å². The highest BCUT2D eigenvalue weighted by molar-refractivity contribution is 7.92. The van der Waals surface area contributed by atoms with Crippen LogP contribution in [0.5, 0.6) is 11.5 Å². The minimum Gasteiger partial charge on any atom is -0.495 e. The maximum Gasteiger partial charge on any atom is 0.264 e. The zero-order chi connectivity index (χ0) is 21.6. The molecule has 0 heterocycles. The number of ether oxygens (including phenoxy) is 2. The number of hydrogen-bond donors (Lipinski definition) is 1. The molecule has 0 aromatic heterocycles.